The summed E-state index contributed by atoms with van der Waals surface area (Å²) in [5.74, 6) is 1.54. The molecule has 17 heavy (non-hydrogen) atoms. The van der Waals surface area contributed by atoms with Crippen LogP contribution in [0.2, 0.25) is 0 Å². The summed E-state index contributed by atoms with van der Waals surface area (Å²) >= 11 is 0. The van der Waals surface area contributed by atoms with Gasteiger partial charge in [0.1, 0.15) is 0 Å². The molecular formula is C13H26N2O2. The Morgan fingerprint density at radius 3 is 2.71 bits per heavy atom. The van der Waals surface area contributed by atoms with Crippen molar-refractivity contribution in [3.05, 3.63) is 0 Å². The number of hydrogen-bond acceptors (Lipinski definition) is 3. The molecule has 1 rings (SSSR count). The minimum absolute atomic E-state index is 0.0906. The molecule has 0 bridgehead atoms. The van der Waals surface area contributed by atoms with Crippen LogP contribution in [0.1, 0.15) is 33.1 Å². The molecule has 2 N–H and O–H groups in total. The van der Waals surface area contributed by atoms with Gasteiger partial charge >= 0.3 is 0 Å². The van der Waals surface area contributed by atoms with Crippen molar-refractivity contribution in [2.75, 3.05) is 26.8 Å². The molecule has 4 heteroatoms. The predicted octanol–water partition coefficient (Wildman–Crippen LogP) is 1.16. The van der Waals surface area contributed by atoms with Crippen molar-refractivity contribution in [2.45, 2.75) is 39.2 Å². The lowest BCUT2D eigenvalue weighted by molar-refractivity contribution is -0.120. The average molecular weight is 242 g/mol. The van der Waals surface area contributed by atoms with E-state index in [1.165, 1.54) is 12.8 Å². The highest BCUT2D eigenvalue weighted by atomic mass is 16.5. The second-order valence-corrected chi connectivity index (χ2v) is 5.10. The molecule has 1 fully saturated rings. The highest BCUT2D eigenvalue weighted by Crippen LogP contribution is 2.30. The minimum Gasteiger partial charge on any atom is -0.385 e. The van der Waals surface area contributed by atoms with Crippen molar-refractivity contribution in [1.29, 1.82) is 0 Å². The van der Waals surface area contributed by atoms with Crippen molar-refractivity contribution in [1.82, 2.24) is 10.6 Å². The third kappa shape index (κ3) is 5.04. The van der Waals surface area contributed by atoms with Gasteiger partial charge in [-0.1, -0.05) is 13.8 Å². The second kappa shape index (κ2) is 7.67. The third-order valence-electron chi connectivity index (χ3n) is 3.84. The molecule has 0 aromatic carbocycles. The van der Waals surface area contributed by atoms with Crippen molar-refractivity contribution < 1.29 is 9.53 Å². The monoisotopic (exact) mass is 242 g/mol. The number of rotatable bonds is 7. The first-order chi connectivity index (χ1) is 8.15. The van der Waals surface area contributed by atoms with E-state index in [-0.39, 0.29) is 5.91 Å². The van der Waals surface area contributed by atoms with Gasteiger partial charge in [-0.05, 0) is 31.1 Å². The zero-order valence-electron chi connectivity index (χ0n) is 11.3. The van der Waals surface area contributed by atoms with Crippen LogP contribution in [0.5, 0.6) is 0 Å². The van der Waals surface area contributed by atoms with Crippen molar-refractivity contribution in [3.63, 3.8) is 0 Å². The lowest BCUT2D eigenvalue weighted by Crippen LogP contribution is -2.41. The maximum atomic E-state index is 11.5. The Morgan fingerprint density at radius 2 is 2.12 bits per heavy atom. The molecule has 0 heterocycles. The molecular weight excluding hydrogens is 216 g/mol. The van der Waals surface area contributed by atoms with Crippen LogP contribution >= 0.6 is 0 Å². The van der Waals surface area contributed by atoms with E-state index in [2.05, 4.69) is 24.5 Å². The fourth-order valence-electron chi connectivity index (χ4n) is 2.38. The van der Waals surface area contributed by atoms with Gasteiger partial charge in [0, 0.05) is 26.3 Å². The van der Waals surface area contributed by atoms with Gasteiger partial charge in [0.05, 0.1) is 6.54 Å². The number of methoxy groups -OCH3 is 1. The molecule has 3 atom stereocenters. The van der Waals surface area contributed by atoms with Gasteiger partial charge in [0.25, 0.3) is 0 Å². The van der Waals surface area contributed by atoms with Crippen LogP contribution in [0.15, 0.2) is 0 Å². The van der Waals surface area contributed by atoms with Crippen LogP contribution in [0.4, 0.5) is 0 Å². The van der Waals surface area contributed by atoms with E-state index in [1.54, 1.807) is 7.11 Å². The third-order valence-corrected chi connectivity index (χ3v) is 3.84. The van der Waals surface area contributed by atoms with Crippen LogP contribution in [-0.4, -0.2) is 38.8 Å². The minimum atomic E-state index is 0.0906. The summed E-state index contributed by atoms with van der Waals surface area (Å²) in [5, 5.41) is 6.25. The van der Waals surface area contributed by atoms with Crippen molar-refractivity contribution in [2.24, 2.45) is 11.8 Å². The van der Waals surface area contributed by atoms with E-state index in [1.807, 2.05) is 0 Å². The maximum absolute atomic E-state index is 11.5. The smallest absolute Gasteiger partial charge is 0.233 e. The molecule has 100 valence electrons. The first-order valence-electron chi connectivity index (χ1n) is 6.64. The van der Waals surface area contributed by atoms with E-state index in [4.69, 9.17) is 4.74 Å². The SMILES string of the molecule is COCCCNC(=O)CNC1CCC(C)C1C. The number of carbonyl (C=O) groups is 1. The average Bonchev–Trinajstić information content (AvgIpc) is 2.63. The summed E-state index contributed by atoms with van der Waals surface area (Å²) in [6, 6.07) is 0.509. The van der Waals surface area contributed by atoms with E-state index in [0.29, 0.717) is 31.7 Å². The lowest BCUT2D eigenvalue weighted by Gasteiger charge is -2.19. The zero-order valence-corrected chi connectivity index (χ0v) is 11.3. The summed E-state index contributed by atoms with van der Waals surface area (Å²) in [7, 11) is 1.67. The summed E-state index contributed by atoms with van der Waals surface area (Å²) < 4.78 is 4.92. The van der Waals surface area contributed by atoms with Gasteiger partial charge in [0.2, 0.25) is 5.91 Å². The van der Waals surface area contributed by atoms with E-state index < -0.39 is 0 Å². The van der Waals surface area contributed by atoms with Gasteiger partial charge in [-0.15, -0.1) is 0 Å². The Hall–Kier alpha value is -0.610. The summed E-state index contributed by atoms with van der Waals surface area (Å²) in [4.78, 5) is 11.5. The van der Waals surface area contributed by atoms with Crippen molar-refractivity contribution >= 4 is 5.91 Å². The molecule has 4 nitrogen and oxygen atoms in total. The fraction of sp³-hybridized carbons (Fsp3) is 0.923. The van der Waals surface area contributed by atoms with Crippen LogP contribution in [0.3, 0.4) is 0 Å². The van der Waals surface area contributed by atoms with E-state index in [0.717, 1.165) is 12.3 Å². The van der Waals surface area contributed by atoms with Gasteiger partial charge < -0.3 is 15.4 Å². The highest BCUT2D eigenvalue weighted by molar-refractivity contribution is 5.77. The Kier molecular flexibility index (Phi) is 6.52. The molecule has 1 aliphatic rings. The van der Waals surface area contributed by atoms with Gasteiger partial charge in [0.15, 0.2) is 0 Å². The van der Waals surface area contributed by atoms with E-state index >= 15 is 0 Å². The van der Waals surface area contributed by atoms with Gasteiger partial charge in [-0.25, -0.2) is 0 Å². The molecule has 1 saturated carbocycles. The summed E-state index contributed by atoms with van der Waals surface area (Å²) in [6.07, 6.45) is 3.34. The molecule has 0 radical (unpaired) electrons. The summed E-state index contributed by atoms with van der Waals surface area (Å²) in [5.41, 5.74) is 0. The van der Waals surface area contributed by atoms with Crippen LogP contribution in [0.25, 0.3) is 0 Å². The first kappa shape index (κ1) is 14.5. The van der Waals surface area contributed by atoms with Gasteiger partial charge in [-0.2, -0.15) is 0 Å². The molecule has 3 unspecified atom stereocenters. The molecule has 1 aliphatic carbocycles. The zero-order chi connectivity index (χ0) is 12.7. The second-order valence-electron chi connectivity index (χ2n) is 5.10. The highest BCUT2D eigenvalue weighted by Gasteiger charge is 2.29. The normalized spacial score (nSPS) is 28.3. The Labute approximate surface area is 104 Å². The largest absolute Gasteiger partial charge is 0.385 e. The Bertz CT molecular complexity index is 233. The number of hydrogen-bond donors (Lipinski definition) is 2. The van der Waals surface area contributed by atoms with Crippen molar-refractivity contribution in [3.8, 4) is 0 Å². The predicted molar refractivity (Wildman–Crippen MR) is 68.9 cm³/mol. The molecule has 0 aromatic heterocycles. The molecule has 0 saturated heterocycles. The lowest BCUT2D eigenvalue weighted by atomic mass is 9.98. The quantitative estimate of drug-likeness (QED) is 0.659. The summed E-state index contributed by atoms with van der Waals surface area (Å²) in [6.45, 7) is 6.40. The standard InChI is InChI=1S/C13H26N2O2/c1-10-5-6-12(11(10)2)15-9-13(16)14-7-4-8-17-3/h10-12,15H,4-9H2,1-3H3,(H,14,16). The number of amides is 1. The van der Waals surface area contributed by atoms with Crippen LogP contribution < -0.4 is 10.6 Å². The number of ether oxygens (including phenoxy) is 1. The Morgan fingerprint density at radius 1 is 1.35 bits per heavy atom. The first-order valence-corrected chi connectivity index (χ1v) is 6.64. The van der Waals surface area contributed by atoms with Crippen LogP contribution in [0, 0.1) is 11.8 Å². The fourth-order valence-corrected chi connectivity index (χ4v) is 2.38. The van der Waals surface area contributed by atoms with E-state index in [9.17, 15) is 4.79 Å². The Balaban J connectivity index is 2.07. The molecule has 0 aromatic rings. The van der Waals surface area contributed by atoms with Crippen LogP contribution in [-0.2, 0) is 9.53 Å². The molecule has 0 spiro atoms. The number of nitrogens with one attached hydrogen (secondary N) is 2. The molecule has 0 aliphatic heterocycles. The number of carbonyl (C=O) groups excluding carboxylic acids is 1. The molecule has 1 amide bonds. The maximum Gasteiger partial charge on any atom is 0.233 e. The topological polar surface area (TPSA) is 50.4 Å². The van der Waals surface area contributed by atoms with Gasteiger partial charge in [-0.3, -0.25) is 4.79 Å².